The first kappa shape index (κ1) is 20.0. The Bertz CT molecular complexity index is 973. The number of hydrogen-bond donors (Lipinski definition) is 1. The van der Waals surface area contributed by atoms with E-state index in [0.29, 0.717) is 38.7 Å². The maximum Gasteiger partial charge on any atom is 0.275 e. The van der Waals surface area contributed by atoms with Gasteiger partial charge in [-0.25, -0.2) is 4.98 Å². The fourth-order valence-corrected chi connectivity index (χ4v) is 3.27. The molecule has 1 aromatic heterocycles. The van der Waals surface area contributed by atoms with Crippen LogP contribution in [-0.2, 0) is 6.61 Å². The predicted octanol–water partition coefficient (Wildman–Crippen LogP) is 4.95. The van der Waals surface area contributed by atoms with Gasteiger partial charge in [0.15, 0.2) is 11.5 Å². The first-order valence-corrected chi connectivity index (χ1v) is 9.62. The zero-order chi connectivity index (χ0) is 20.1. The second-order valence-electron chi connectivity index (χ2n) is 5.85. The number of nitrogens with zero attached hydrogens (tertiary/aromatic N) is 1. The van der Waals surface area contributed by atoms with Gasteiger partial charge in [0, 0.05) is 22.2 Å². The van der Waals surface area contributed by atoms with E-state index in [-0.39, 0.29) is 12.5 Å². The first-order valence-electron chi connectivity index (χ1n) is 8.37. The highest BCUT2D eigenvalue weighted by molar-refractivity contribution is 7.09. The lowest BCUT2D eigenvalue weighted by atomic mass is 10.1. The Hall–Kier alpha value is -2.77. The molecule has 0 unspecified atom stereocenters. The average molecular weight is 419 g/mol. The molecule has 0 atom stereocenters. The van der Waals surface area contributed by atoms with Crippen molar-refractivity contribution in [3.05, 3.63) is 63.1 Å². The number of aryl methyl sites for hydroxylation is 1. The molecular formula is C20H19ClN2O4S. The zero-order valence-corrected chi connectivity index (χ0v) is 17.2. The maximum absolute atomic E-state index is 12.6. The van der Waals surface area contributed by atoms with Crippen molar-refractivity contribution < 1.29 is 19.0 Å². The quantitative estimate of drug-likeness (QED) is 0.587. The van der Waals surface area contributed by atoms with Crippen molar-refractivity contribution in [3.63, 3.8) is 0 Å². The number of aromatic nitrogens is 1. The van der Waals surface area contributed by atoms with Crippen LogP contribution in [0.2, 0.25) is 5.02 Å². The Morgan fingerprint density at radius 1 is 1.14 bits per heavy atom. The van der Waals surface area contributed by atoms with Crippen molar-refractivity contribution in [2.24, 2.45) is 0 Å². The molecule has 28 heavy (non-hydrogen) atoms. The van der Waals surface area contributed by atoms with Gasteiger partial charge in [-0.3, -0.25) is 4.79 Å². The average Bonchev–Trinajstić information content (AvgIpc) is 3.18. The Kier molecular flexibility index (Phi) is 6.38. The minimum atomic E-state index is -0.302. The van der Waals surface area contributed by atoms with Gasteiger partial charge in [0.1, 0.15) is 23.1 Å². The molecule has 3 aromatic rings. The molecule has 8 heteroatoms. The molecule has 6 nitrogen and oxygen atoms in total. The molecule has 0 aliphatic heterocycles. The molecule has 0 spiro atoms. The predicted molar refractivity (Wildman–Crippen MR) is 110 cm³/mol. The number of ether oxygens (including phenoxy) is 3. The van der Waals surface area contributed by atoms with Crippen molar-refractivity contribution in [1.82, 2.24) is 4.98 Å². The number of hydrogen-bond acceptors (Lipinski definition) is 6. The molecular weight excluding hydrogens is 400 g/mol. The van der Waals surface area contributed by atoms with E-state index in [1.807, 2.05) is 6.92 Å². The van der Waals surface area contributed by atoms with E-state index in [9.17, 15) is 4.79 Å². The van der Waals surface area contributed by atoms with Crippen LogP contribution in [0.5, 0.6) is 17.2 Å². The minimum Gasteiger partial charge on any atom is -0.493 e. The van der Waals surface area contributed by atoms with E-state index in [4.69, 9.17) is 25.8 Å². The van der Waals surface area contributed by atoms with Gasteiger partial charge in [0.2, 0.25) is 0 Å². The molecule has 146 valence electrons. The molecule has 0 saturated carbocycles. The highest BCUT2D eigenvalue weighted by atomic mass is 35.5. The molecule has 1 amide bonds. The molecule has 0 saturated heterocycles. The summed E-state index contributed by atoms with van der Waals surface area (Å²) >= 11 is 7.22. The van der Waals surface area contributed by atoms with Crippen molar-refractivity contribution >= 4 is 34.5 Å². The van der Waals surface area contributed by atoms with Crippen LogP contribution < -0.4 is 19.5 Å². The number of nitrogens with one attached hydrogen (secondary N) is 1. The Morgan fingerprint density at radius 2 is 1.82 bits per heavy atom. The van der Waals surface area contributed by atoms with E-state index >= 15 is 0 Å². The van der Waals surface area contributed by atoms with Crippen LogP contribution in [0.4, 0.5) is 5.69 Å². The number of carbonyl (C=O) groups excluding carboxylic acids is 1. The molecule has 0 radical (unpaired) electrons. The number of amides is 1. The molecule has 0 fully saturated rings. The SMILES string of the molecule is COc1cc(C)c(NC(=O)c2csc(COc3ccc(Cl)cc3)n2)cc1OC. The molecule has 3 rings (SSSR count). The van der Waals surface area contributed by atoms with Gasteiger partial charge in [0.25, 0.3) is 5.91 Å². The maximum atomic E-state index is 12.6. The number of carbonyl (C=O) groups is 1. The first-order chi connectivity index (χ1) is 13.5. The number of benzene rings is 2. The summed E-state index contributed by atoms with van der Waals surface area (Å²) in [6.07, 6.45) is 0. The van der Waals surface area contributed by atoms with Crippen molar-refractivity contribution in [2.75, 3.05) is 19.5 Å². The molecule has 0 bridgehead atoms. The standard InChI is InChI=1S/C20H19ClN2O4S/c1-12-8-17(25-2)18(26-3)9-15(12)23-20(24)16-11-28-19(22-16)10-27-14-6-4-13(21)5-7-14/h4-9,11H,10H2,1-3H3,(H,23,24). The Morgan fingerprint density at radius 3 is 2.50 bits per heavy atom. The summed E-state index contributed by atoms with van der Waals surface area (Å²) in [5.41, 5.74) is 1.82. The summed E-state index contributed by atoms with van der Waals surface area (Å²) in [7, 11) is 3.12. The Labute approximate surface area is 172 Å². The van der Waals surface area contributed by atoms with Gasteiger partial charge in [0.05, 0.1) is 14.2 Å². The van der Waals surface area contributed by atoms with Crippen LogP contribution in [0.3, 0.4) is 0 Å². The second-order valence-corrected chi connectivity index (χ2v) is 7.22. The van der Waals surface area contributed by atoms with Gasteiger partial charge in [-0.2, -0.15) is 0 Å². The van der Waals surface area contributed by atoms with Crippen LogP contribution >= 0.6 is 22.9 Å². The lowest BCUT2D eigenvalue weighted by molar-refractivity contribution is 0.102. The molecule has 1 heterocycles. The van der Waals surface area contributed by atoms with Gasteiger partial charge in [-0.05, 0) is 42.8 Å². The lowest BCUT2D eigenvalue weighted by Gasteiger charge is -2.13. The van der Waals surface area contributed by atoms with Crippen molar-refractivity contribution in [3.8, 4) is 17.2 Å². The topological polar surface area (TPSA) is 69.7 Å². The number of thiazole rings is 1. The molecule has 0 aliphatic carbocycles. The summed E-state index contributed by atoms with van der Waals surface area (Å²) in [5, 5.41) is 5.90. The number of rotatable bonds is 7. The van der Waals surface area contributed by atoms with Crippen molar-refractivity contribution in [2.45, 2.75) is 13.5 Å². The van der Waals surface area contributed by atoms with Gasteiger partial charge >= 0.3 is 0 Å². The third kappa shape index (κ3) is 4.74. The summed E-state index contributed by atoms with van der Waals surface area (Å²) in [4.78, 5) is 16.9. The van der Waals surface area contributed by atoms with Gasteiger partial charge in [-0.15, -0.1) is 11.3 Å². The van der Waals surface area contributed by atoms with Crippen LogP contribution in [-0.4, -0.2) is 25.1 Å². The molecule has 1 N–H and O–H groups in total. The van der Waals surface area contributed by atoms with E-state index in [1.54, 1.807) is 56.0 Å². The summed E-state index contributed by atoms with van der Waals surface area (Å²) in [6, 6.07) is 10.6. The third-order valence-electron chi connectivity index (χ3n) is 3.94. The van der Waals surface area contributed by atoms with E-state index in [0.717, 1.165) is 5.56 Å². The highest BCUT2D eigenvalue weighted by Crippen LogP contribution is 2.33. The largest absolute Gasteiger partial charge is 0.493 e. The summed E-state index contributed by atoms with van der Waals surface area (Å²) in [6.45, 7) is 2.15. The fourth-order valence-electron chi connectivity index (χ4n) is 2.46. The normalized spacial score (nSPS) is 10.4. The summed E-state index contributed by atoms with van der Waals surface area (Å²) < 4.78 is 16.2. The zero-order valence-electron chi connectivity index (χ0n) is 15.6. The monoisotopic (exact) mass is 418 g/mol. The second kappa shape index (κ2) is 8.95. The van der Waals surface area contributed by atoms with E-state index in [1.165, 1.54) is 11.3 Å². The van der Waals surface area contributed by atoms with Crippen LogP contribution in [0.15, 0.2) is 41.8 Å². The Balaban J connectivity index is 1.66. The van der Waals surface area contributed by atoms with Crippen molar-refractivity contribution in [1.29, 1.82) is 0 Å². The summed E-state index contributed by atoms with van der Waals surface area (Å²) in [5.74, 6) is 1.53. The fraction of sp³-hybridized carbons (Fsp3) is 0.200. The van der Waals surface area contributed by atoms with Crippen LogP contribution in [0, 0.1) is 6.92 Å². The lowest BCUT2D eigenvalue weighted by Crippen LogP contribution is -2.13. The number of halogens is 1. The third-order valence-corrected chi connectivity index (χ3v) is 5.01. The van der Waals surface area contributed by atoms with Crippen LogP contribution in [0.25, 0.3) is 0 Å². The van der Waals surface area contributed by atoms with E-state index < -0.39 is 0 Å². The minimum absolute atomic E-state index is 0.273. The number of anilines is 1. The van der Waals surface area contributed by atoms with Gasteiger partial charge < -0.3 is 19.5 Å². The molecule has 2 aromatic carbocycles. The highest BCUT2D eigenvalue weighted by Gasteiger charge is 2.15. The molecule has 0 aliphatic rings. The van der Waals surface area contributed by atoms with E-state index in [2.05, 4.69) is 10.3 Å². The smallest absolute Gasteiger partial charge is 0.275 e. The van der Waals surface area contributed by atoms with Crippen LogP contribution in [0.1, 0.15) is 21.1 Å². The number of methoxy groups -OCH3 is 2. The van der Waals surface area contributed by atoms with Gasteiger partial charge in [-0.1, -0.05) is 11.6 Å².